The van der Waals surface area contributed by atoms with Gasteiger partial charge in [-0.2, -0.15) is 0 Å². The van der Waals surface area contributed by atoms with Crippen molar-refractivity contribution >= 4 is 40.9 Å². The van der Waals surface area contributed by atoms with E-state index in [1.807, 2.05) is 0 Å². The van der Waals surface area contributed by atoms with E-state index < -0.39 is 6.10 Å². The van der Waals surface area contributed by atoms with Crippen LogP contribution in [0.4, 0.5) is 5.69 Å². The number of benzene rings is 1. The van der Waals surface area contributed by atoms with Gasteiger partial charge in [-0.05, 0) is 12.1 Å². The maximum atomic E-state index is 11.3. The van der Waals surface area contributed by atoms with Crippen molar-refractivity contribution in [2.75, 3.05) is 5.88 Å². The summed E-state index contributed by atoms with van der Waals surface area (Å²) in [5.74, 6) is -0.141. The fourth-order valence-corrected chi connectivity index (χ4v) is 1.87. The lowest BCUT2D eigenvalue weighted by atomic mass is 10.0. The molecular formula is C10H7Cl2NO2. The van der Waals surface area contributed by atoms with Crippen LogP contribution in [-0.2, 0) is 0 Å². The predicted molar refractivity (Wildman–Crippen MR) is 59.6 cm³/mol. The molecule has 0 aliphatic carbocycles. The van der Waals surface area contributed by atoms with Crippen molar-refractivity contribution in [1.82, 2.24) is 0 Å². The van der Waals surface area contributed by atoms with Crippen LogP contribution in [0.25, 0.3) is 0 Å². The molecule has 0 amide bonds. The monoisotopic (exact) mass is 243 g/mol. The third kappa shape index (κ3) is 1.78. The van der Waals surface area contributed by atoms with Crippen LogP contribution in [0, 0.1) is 0 Å². The van der Waals surface area contributed by atoms with Gasteiger partial charge in [0.15, 0.2) is 0 Å². The van der Waals surface area contributed by atoms with E-state index in [0.717, 1.165) is 0 Å². The molecule has 1 unspecified atom stereocenters. The Morgan fingerprint density at radius 2 is 2.20 bits per heavy atom. The molecule has 0 bridgehead atoms. The summed E-state index contributed by atoms with van der Waals surface area (Å²) in [6.45, 7) is 0. The van der Waals surface area contributed by atoms with Crippen LogP contribution in [-0.4, -0.2) is 23.0 Å². The maximum absolute atomic E-state index is 11.3. The van der Waals surface area contributed by atoms with Crippen molar-refractivity contribution in [1.29, 1.82) is 0 Å². The van der Waals surface area contributed by atoms with Gasteiger partial charge in [-0.3, -0.25) is 9.79 Å². The number of Topliss-reactive ketones (excluding diaryl/α,β-unsaturated/α-hetero) is 1. The zero-order valence-corrected chi connectivity index (χ0v) is 9.09. The molecular weight excluding hydrogens is 237 g/mol. The van der Waals surface area contributed by atoms with Crippen LogP contribution in [0.2, 0.25) is 5.02 Å². The van der Waals surface area contributed by atoms with Gasteiger partial charge in [0.05, 0.1) is 23.9 Å². The number of rotatable bonds is 2. The standard InChI is InChI=1S/C10H7Cl2NO2/c11-3-9(14)5-1-6-8(2-7(5)12)13-4-10(6)15/h1-2,4,9,14H,3H2. The van der Waals surface area contributed by atoms with E-state index in [0.29, 0.717) is 21.8 Å². The number of hydrogen-bond donors (Lipinski definition) is 1. The summed E-state index contributed by atoms with van der Waals surface area (Å²) in [7, 11) is 0. The van der Waals surface area contributed by atoms with Gasteiger partial charge in [0, 0.05) is 16.1 Å². The molecule has 0 fully saturated rings. The lowest BCUT2D eigenvalue weighted by Crippen LogP contribution is -2.02. The zero-order valence-electron chi connectivity index (χ0n) is 7.58. The van der Waals surface area contributed by atoms with Gasteiger partial charge in [-0.25, -0.2) is 0 Å². The summed E-state index contributed by atoms with van der Waals surface area (Å²) < 4.78 is 0. The number of aliphatic imine (C=N–C) groups is 1. The first kappa shape index (κ1) is 10.6. The smallest absolute Gasteiger partial charge is 0.206 e. The predicted octanol–water partition coefficient (Wildman–Crippen LogP) is 2.51. The Bertz CT molecular complexity index is 457. The maximum Gasteiger partial charge on any atom is 0.206 e. The third-order valence-corrected chi connectivity index (χ3v) is 2.83. The number of aliphatic hydroxyl groups excluding tert-OH is 1. The number of alkyl halides is 1. The largest absolute Gasteiger partial charge is 0.387 e. The van der Waals surface area contributed by atoms with Gasteiger partial charge in [0.25, 0.3) is 0 Å². The highest BCUT2D eigenvalue weighted by molar-refractivity contribution is 6.40. The van der Waals surface area contributed by atoms with Crippen LogP contribution < -0.4 is 0 Å². The number of carbonyl (C=O) groups excluding carboxylic acids is 1. The van der Waals surface area contributed by atoms with Crippen LogP contribution in [0.5, 0.6) is 0 Å². The quantitative estimate of drug-likeness (QED) is 0.812. The number of nitrogens with zero attached hydrogens (tertiary/aromatic N) is 1. The molecule has 5 heteroatoms. The van der Waals surface area contributed by atoms with Crippen molar-refractivity contribution in [3.8, 4) is 0 Å². The number of ketones is 1. The molecule has 1 aliphatic heterocycles. The minimum absolute atomic E-state index is 0.0353. The van der Waals surface area contributed by atoms with Crippen LogP contribution in [0.15, 0.2) is 17.1 Å². The molecule has 0 saturated carbocycles. The highest BCUT2D eigenvalue weighted by Crippen LogP contribution is 2.33. The van der Waals surface area contributed by atoms with Crippen LogP contribution in [0.1, 0.15) is 22.0 Å². The summed E-state index contributed by atoms with van der Waals surface area (Å²) in [6.07, 6.45) is 0.371. The molecule has 0 spiro atoms. The van der Waals surface area contributed by atoms with Gasteiger partial charge in [-0.15, -0.1) is 11.6 Å². The van der Waals surface area contributed by atoms with Gasteiger partial charge < -0.3 is 5.11 Å². The van der Waals surface area contributed by atoms with Crippen molar-refractivity contribution < 1.29 is 9.90 Å². The number of carbonyl (C=O) groups is 1. The normalized spacial score (nSPS) is 15.5. The molecule has 0 aromatic heterocycles. The van der Waals surface area contributed by atoms with Gasteiger partial charge >= 0.3 is 0 Å². The van der Waals surface area contributed by atoms with Crippen LogP contribution in [0.3, 0.4) is 0 Å². The molecule has 0 saturated heterocycles. The SMILES string of the molecule is O=C1C=Nc2cc(Cl)c(C(O)CCl)cc21. The first-order valence-electron chi connectivity index (χ1n) is 4.29. The van der Waals surface area contributed by atoms with Gasteiger partial charge in [0.2, 0.25) is 5.78 Å². The molecule has 0 radical (unpaired) electrons. The molecule has 1 aliphatic rings. The summed E-state index contributed by atoms with van der Waals surface area (Å²) in [6, 6.07) is 3.10. The zero-order chi connectivity index (χ0) is 11.0. The average molecular weight is 244 g/mol. The summed E-state index contributed by atoms with van der Waals surface area (Å²) in [4.78, 5) is 15.2. The van der Waals surface area contributed by atoms with E-state index >= 15 is 0 Å². The van der Waals surface area contributed by atoms with Crippen molar-refractivity contribution in [3.63, 3.8) is 0 Å². The van der Waals surface area contributed by atoms with E-state index in [4.69, 9.17) is 23.2 Å². The van der Waals surface area contributed by atoms with E-state index in [1.54, 1.807) is 12.1 Å². The van der Waals surface area contributed by atoms with E-state index in [2.05, 4.69) is 4.99 Å². The Balaban J connectivity index is 2.53. The van der Waals surface area contributed by atoms with E-state index in [-0.39, 0.29) is 11.7 Å². The average Bonchev–Trinajstić information content (AvgIpc) is 2.58. The summed E-state index contributed by atoms with van der Waals surface area (Å²) in [5, 5.41) is 9.93. The fourth-order valence-electron chi connectivity index (χ4n) is 1.42. The second-order valence-corrected chi connectivity index (χ2v) is 3.90. The molecule has 1 heterocycles. The summed E-state index contributed by atoms with van der Waals surface area (Å²) >= 11 is 11.4. The molecule has 1 aromatic rings. The second-order valence-electron chi connectivity index (χ2n) is 3.18. The number of fused-ring (bicyclic) bond motifs is 1. The number of hydrogen-bond acceptors (Lipinski definition) is 3. The fraction of sp³-hybridized carbons (Fsp3) is 0.200. The molecule has 3 nitrogen and oxygen atoms in total. The molecule has 78 valence electrons. The Morgan fingerprint density at radius 1 is 1.47 bits per heavy atom. The van der Waals surface area contributed by atoms with Crippen molar-refractivity contribution in [2.24, 2.45) is 4.99 Å². The highest BCUT2D eigenvalue weighted by Gasteiger charge is 2.20. The van der Waals surface area contributed by atoms with Crippen LogP contribution >= 0.6 is 23.2 Å². The molecule has 1 atom stereocenters. The minimum Gasteiger partial charge on any atom is -0.387 e. The van der Waals surface area contributed by atoms with E-state index in [1.165, 1.54) is 6.21 Å². The van der Waals surface area contributed by atoms with E-state index in [9.17, 15) is 9.90 Å². The Morgan fingerprint density at radius 3 is 2.87 bits per heavy atom. The molecule has 2 rings (SSSR count). The first-order chi connectivity index (χ1) is 7.13. The first-order valence-corrected chi connectivity index (χ1v) is 5.20. The molecule has 1 aromatic carbocycles. The second kappa shape index (κ2) is 3.93. The topological polar surface area (TPSA) is 49.7 Å². The van der Waals surface area contributed by atoms with Crippen molar-refractivity contribution in [2.45, 2.75) is 6.10 Å². The third-order valence-electron chi connectivity index (χ3n) is 2.21. The Hall–Kier alpha value is -0.900. The Kier molecular flexibility index (Phi) is 2.78. The Labute approximate surface area is 96.3 Å². The highest BCUT2D eigenvalue weighted by atomic mass is 35.5. The van der Waals surface area contributed by atoms with Crippen molar-refractivity contribution in [3.05, 3.63) is 28.3 Å². The lowest BCUT2D eigenvalue weighted by molar-refractivity contribution is 0.107. The molecule has 15 heavy (non-hydrogen) atoms. The molecule has 1 N–H and O–H groups in total. The van der Waals surface area contributed by atoms with Gasteiger partial charge in [0.1, 0.15) is 0 Å². The minimum atomic E-state index is -0.863. The number of aliphatic hydroxyl groups is 1. The summed E-state index contributed by atoms with van der Waals surface area (Å²) in [5.41, 5.74) is 1.46. The number of halogens is 2. The van der Waals surface area contributed by atoms with Gasteiger partial charge in [-0.1, -0.05) is 11.6 Å². The lowest BCUT2D eigenvalue weighted by Gasteiger charge is -2.10.